The van der Waals surface area contributed by atoms with E-state index in [1.54, 1.807) is 24.3 Å². The summed E-state index contributed by atoms with van der Waals surface area (Å²) in [7, 11) is 0. The molecule has 0 aromatic heterocycles. The average molecular weight is 318 g/mol. The smallest absolute Gasteiger partial charge is 0.407 e. The molecule has 4 N–H and O–H groups in total. The number of hydrogen-bond donors (Lipinski definition) is 3. The highest BCUT2D eigenvalue weighted by Crippen LogP contribution is 2.08. The number of aliphatic hydroxyl groups excluding tert-OH is 1. The van der Waals surface area contributed by atoms with Crippen LogP contribution in [-0.4, -0.2) is 36.2 Å². The average Bonchev–Trinajstić information content (AvgIpc) is 2.59. The Kier molecular flexibility index (Phi) is 7.81. The summed E-state index contributed by atoms with van der Waals surface area (Å²) in [4.78, 5) is 22.2. The zero-order valence-electron chi connectivity index (χ0n) is 13.0. The summed E-state index contributed by atoms with van der Waals surface area (Å²) in [6.07, 6.45) is 6.92. The van der Waals surface area contributed by atoms with E-state index in [1.807, 2.05) is 0 Å². The Bertz CT molecular complexity index is 551. The van der Waals surface area contributed by atoms with Crippen molar-refractivity contribution in [1.82, 2.24) is 5.32 Å². The van der Waals surface area contributed by atoms with E-state index in [9.17, 15) is 9.59 Å². The normalized spacial score (nSPS) is 12.7. The molecule has 0 bridgehead atoms. The zero-order chi connectivity index (χ0) is 17.1. The highest BCUT2D eigenvalue weighted by Gasteiger charge is 2.22. The molecule has 0 spiro atoms. The molecule has 0 aliphatic carbocycles. The fraction of sp³-hybridized carbons (Fsp3) is 0.412. The van der Waals surface area contributed by atoms with Gasteiger partial charge in [-0.1, -0.05) is 18.1 Å². The summed E-state index contributed by atoms with van der Waals surface area (Å²) in [5.74, 6) is 2.51. The largest absolute Gasteiger partial charge is 0.445 e. The Morgan fingerprint density at radius 1 is 1.39 bits per heavy atom. The molecular weight excluding hydrogens is 296 g/mol. The first kappa shape index (κ1) is 18.7. The number of alkyl carbamates (subject to hydrolysis) is 1. The van der Waals surface area contributed by atoms with Crippen LogP contribution in [0.1, 0.15) is 30.4 Å². The SMILES string of the molecule is C#Cc1ccc(COC(=O)NCCCCC(N)(C=O)CO)cc1. The fourth-order valence-electron chi connectivity index (χ4n) is 1.84. The molecule has 124 valence electrons. The minimum absolute atomic E-state index is 0.165. The molecule has 6 nitrogen and oxygen atoms in total. The Morgan fingerprint density at radius 3 is 2.65 bits per heavy atom. The highest BCUT2D eigenvalue weighted by atomic mass is 16.5. The van der Waals surface area contributed by atoms with Crippen LogP contribution in [0.15, 0.2) is 24.3 Å². The molecule has 0 aliphatic rings. The maximum Gasteiger partial charge on any atom is 0.407 e. The van der Waals surface area contributed by atoms with Crippen molar-refractivity contribution in [2.45, 2.75) is 31.4 Å². The lowest BCUT2D eigenvalue weighted by molar-refractivity contribution is -0.113. The molecule has 1 aromatic rings. The van der Waals surface area contributed by atoms with Gasteiger partial charge in [-0.15, -0.1) is 6.42 Å². The molecule has 1 amide bonds. The first-order valence-electron chi connectivity index (χ1n) is 7.35. The molecule has 0 aliphatic heterocycles. The molecule has 1 atom stereocenters. The van der Waals surface area contributed by atoms with Crippen molar-refractivity contribution in [2.24, 2.45) is 5.73 Å². The van der Waals surface area contributed by atoms with Crippen molar-refractivity contribution in [1.29, 1.82) is 0 Å². The molecular formula is C17H22N2O4. The molecule has 1 aromatic carbocycles. The first-order valence-corrected chi connectivity index (χ1v) is 7.35. The number of rotatable bonds is 9. The van der Waals surface area contributed by atoms with Gasteiger partial charge < -0.3 is 25.7 Å². The highest BCUT2D eigenvalue weighted by molar-refractivity contribution is 5.67. The van der Waals surface area contributed by atoms with Crippen molar-refractivity contribution < 1.29 is 19.4 Å². The van der Waals surface area contributed by atoms with Gasteiger partial charge in [0.2, 0.25) is 0 Å². The molecule has 0 saturated carbocycles. The number of terminal acetylenes is 1. The van der Waals surface area contributed by atoms with Gasteiger partial charge >= 0.3 is 6.09 Å². The number of nitrogens with one attached hydrogen (secondary N) is 1. The van der Waals surface area contributed by atoms with Gasteiger partial charge in [0, 0.05) is 12.1 Å². The van der Waals surface area contributed by atoms with Gasteiger partial charge in [0.25, 0.3) is 0 Å². The van der Waals surface area contributed by atoms with Gasteiger partial charge in [-0.05, 0) is 37.0 Å². The second kappa shape index (κ2) is 9.62. The van der Waals surface area contributed by atoms with E-state index in [-0.39, 0.29) is 13.2 Å². The van der Waals surface area contributed by atoms with Crippen LogP contribution in [0.4, 0.5) is 4.79 Å². The van der Waals surface area contributed by atoms with Gasteiger partial charge in [0.15, 0.2) is 0 Å². The van der Waals surface area contributed by atoms with Crippen molar-refractivity contribution in [3.63, 3.8) is 0 Å². The van der Waals surface area contributed by atoms with Crippen LogP contribution in [0.25, 0.3) is 0 Å². The quantitative estimate of drug-likeness (QED) is 0.357. The number of hydrogen-bond acceptors (Lipinski definition) is 5. The number of carbonyl (C=O) groups is 2. The second-order valence-electron chi connectivity index (χ2n) is 5.31. The monoisotopic (exact) mass is 318 g/mol. The molecule has 0 heterocycles. The van der Waals surface area contributed by atoms with Crippen molar-refractivity contribution >= 4 is 12.4 Å². The van der Waals surface area contributed by atoms with E-state index in [1.165, 1.54) is 0 Å². The fourth-order valence-corrected chi connectivity index (χ4v) is 1.84. The number of nitrogens with two attached hydrogens (primary N) is 1. The number of aldehydes is 1. The summed E-state index contributed by atoms with van der Waals surface area (Å²) >= 11 is 0. The van der Waals surface area contributed by atoms with Crippen molar-refractivity contribution in [2.75, 3.05) is 13.2 Å². The number of carbonyl (C=O) groups excluding carboxylic acids is 2. The molecule has 1 unspecified atom stereocenters. The van der Waals surface area contributed by atoms with E-state index < -0.39 is 11.6 Å². The van der Waals surface area contributed by atoms with Gasteiger partial charge in [-0.25, -0.2) is 4.79 Å². The minimum Gasteiger partial charge on any atom is -0.445 e. The van der Waals surface area contributed by atoms with Crippen LogP contribution in [0, 0.1) is 12.3 Å². The Balaban J connectivity index is 2.17. The first-order chi connectivity index (χ1) is 11.0. The van der Waals surface area contributed by atoms with Crippen LogP contribution >= 0.6 is 0 Å². The number of ether oxygens (including phenoxy) is 1. The predicted molar refractivity (Wildman–Crippen MR) is 86.5 cm³/mol. The number of benzene rings is 1. The number of aliphatic hydroxyl groups is 1. The minimum atomic E-state index is -1.19. The Hall–Kier alpha value is -2.36. The van der Waals surface area contributed by atoms with Crippen LogP contribution < -0.4 is 11.1 Å². The standard InChI is InChI=1S/C17H22N2O4/c1-2-14-5-7-15(8-6-14)11-23-16(22)19-10-4-3-9-17(18,12-20)13-21/h1,5-8,12,21H,3-4,9-11,13,18H2,(H,19,22). The lowest BCUT2D eigenvalue weighted by atomic mass is 9.97. The summed E-state index contributed by atoms with van der Waals surface area (Å²) < 4.78 is 5.07. The maximum atomic E-state index is 11.5. The third kappa shape index (κ3) is 6.96. The van der Waals surface area contributed by atoms with E-state index in [0.717, 1.165) is 11.1 Å². The third-order valence-electron chi connectivity index (χ3n) is 3.36. The molecule has 23 heavy (non-hydrogen) atoms. The van der Waals surface area contributed by atoms with Crippen LogP contribution in [0.2, 0.25) is 0 Å². The van der Waals surface area contributed by atoms with Crippen LogP contribution in [0.5, 0.6) is 0 Å². The second-order valence-corrected chi connectivity index (χ2v) is 5.31. The summed E-state index contributed by atoms with van der Waals surface area (Å²) in [6, 6.07) is 7.17. The van der Waals surface area contributed by atoms with Gasteiger partial charge in [0.05, 0.1) is 12.1 Å². The number of amides is 1. The zero-order valence-corrected chi connectivity index (χ0v) is 13.0. The van der Waals surface area contributed by atoms with Crippen molar-refractivity contribution in [3.05, 3.63) is 35.4 Å². The molecule has 6 heteroatoms. The van der Waals surface area contributed by atoms with E-state index in [0.29, 0.717) is 32.1 Å². The Labute approximate surface area is 136 Å². The topological polar surface area (TPSA) is 102 Å². The summed E-state index contributed by atoms with van der Waals surface area (Å²) in [5, 5.41) is 11.6. The molecule has 1 rings (SSSR count). The van der Waals surface area contributed by atoms with Crippen molar-refractivity contribution in [3.8, 4) is 12.3 Å². The van der Waals surface area contributed by atoms with Gasteiger partial charge in [0.1, 0.15) is 12.9 Å². The molecule has 0 radical (unpaired) electrons. The third-order valence-corrected chi connectivity index (χ3v) is 3.36. The summed E-state index contributed by atoms with van der Waals surface area (Å²) in [6.45, 7) is 0.192. The molecule has 0 fully saturated rings. The van der Waals surface area contributed by atoms with E-state index >= 15 is 0 Å². The van der Waals surface area contributed by atoms with Crippen LogP contribution in [-0.2, 0) is 16.1 Å². The predicted octanol–water partition coefficient (Wildman–Crippen LogP) is 0.953. The van der Waals surface area contributed by atoms with Crippen LogP contribution in [0.3, 0.4) is 0 Å². The maximum absolute atomic E-state index is 11.5. The summed E-state index contributed by atoms with van der Waals surface area (Å²) in [5.41, 5.74) is 6.06. The lowest BCUT2D eigenvalue weighted by Crippen LogP contribution is -2.45. The Morgan fingerprint density at radius 2 is 2.09 bits per heavy atom. The van der Waals surface area contributed by atoms with Gasteiger partial charge in [-0.2, -0.15) is 0 Å². The van der Waals surface area contributed by atoms with E-state index in [2.05, 4.69) is 11.2 Å². The van der Waals surface area contributed by atoms with Gasteiger partial charge in [-0.3, -0.25) is 0 Å². The lowest BCUT2D eigenvalue weighted by Gasteiger charge is -2.19. The van der Waals surface area contributed by atoms with E-state index in [4.69, 9.17) is 22.0 Å². The molecule has 0 saturated heterocycles. The number of unbranched alkanes of at least 4 members (excludes halogenated alkanes) is 1.